The van der Waals surface area contributed by atoms with E-state index in [0.717, 1.165) is 17.6 Å². The number of thioether (sulfide) groups is 1. The van der Waals surface area contributed by atoms with Crippen molar-refractivity contribution in [2.24, 2.45) is 0 Å². The third-order valence-corrected chi connectivity index (χ3v) is 2.98. The number of aromatic nitrogens is 1. The van der Waals surface area contributed by atoms with Gasteiger partial charge in [0, 0.05) is 11.1 Å². The van der Waals surface area contributed by atoms with Crippen LogP contribution in [0.1, 0.15) is 37.9 Å². The van der Waals surface area contributed by atoms with Gasteiger partial charge in [0.05, 0.1) is 11.3 Å². The third-order valence-electron chi connectivity index (χ3n) is 2.06. The predicted molar refractivity (Wildman–Crippen MR) is 59.7 cm³/mol. The Morgan fingerprint density at radius 1 is 1.38 bits per heavy atom. The number of halogens is 3. The molecule has 0 aliphatic heterocycles. The van der Waals surface area contributed by atoms with Crippen LogP contribution in [0.3, 0.4) is 0 Å². The molecule has 1 aromatic rings. The minimum atomic E-state index is -4.31. The molecule has 5 heteroatoms. The summed E-state index contributed by atoms with van der Waals surface area (Å²) in [5.41, 5.74) is 0.0627. The Balaban J connectivity index is 3.17. The summed E-state index contributed by atoms with van der Waals surface area (Å²) in [7, 11) is 0. The number of rotatable bonds is 3. The Hall–Kier alpha value is -0.710. The molecule has 0 fully saturated rings. The van der Waals surface area contributed by atoms with Crippen LogP contribution < -0.4 is 0 Å². The van der Waals surface area contributed by atoms with E-state index in [4.69, 9.17) is 0 Å². The zero-order valence-corrected chi connectivity index (χ0v) is 10.2. The fraction of sp³-hybridized carbons (Fsp3) is 0.545. The van der Waals surface area contributed by atoms with Crippen LogP contribution in [0.4, 0.5) is 13.2 Å². The van der Waals surface area contributed by atoms with Gasteiger partial charge in [0.2, 0.25) is 0 Å². The van der Waals surface area contributed by atoms with E-state index in [1.807, 2.05) is 20.8 Å². The van der Waals surface area contributed by atoms with Crippen molar-refractivity contribution < 1.29 is 13.2 Å². The first-order valence-corrected chi connectivity index (χ1v) is 6.04. The summed E-state index contributed by atoms with van der Waals surface area (Å²) in [4.78, 5) is 4.55. The third kappa shape index (κ3) is 3.14. The van der Waals surface area contributed by atoms with Crippen molar-refractivity contribution >= 4 is 11.8 Å². The van der Waals surface area contributed by atoms with Crippen LogP contribution in [-0.4, -0.2) is 10.7 Å². The van der Waals surface area contributed by atoms with Gasteiger partial charge in [0.15, 0.2) is 0 Å². The van der Waals surface area contributed by atoms with Crippen molar-refractivity contribution in [3.05, 3.63) is 23.5 Å². The average Bonchev–Trinajstić information content (AvgIpc) is 2.16. The van der Waals surface area contributed by atoms with Crippen molar-refractivity contribution in [2.75, 3.05) is 5.75 Å². The molecule has 0 bridgehead atoms. The molecule has 1 heterocycles. The van der Waals surface area contributed by atoms with Gasteiger partial charge in [-0.05, 0) is 17.7 Å². The van der Waals surface area contributed by atoms with Crippen molar-refractivity contribution in [2.45, 2.75) is 37.8 Å². The summed E-state index contributed by atoms with van der Waals surface area (Å²) in [6.45, 7) is 5.76. The van der Waals surface area contributed by atoms with Crippen LogP contribution >= 0.6 is 11.8 Å². The molecular formula is C11H14F3NS. The van der Waals surface area contributed by atoms with Crippen LogP contribution in [0.5, 0.6) is 0 Å². The first-order chi connectivity index (χ1) is 7.36. The van der Waals surface area contributed by atoms with E-state index in [2.05, 4.69) is 4.98 Å². The minimum absolute atomic E-state index is 0.135. The molecule has 0 N–H and O–H groups in total. The Kier molecular flexibility index (Phi) is 4.24. The summed E-state index contributed by atoms with van der Waals surface area (Å²) in [5.74, 6) is 0.874. The highest BCUT2D eigenvalue weighted by Crippen LogP contribution is 2.34. The summed E-state index contributed by atoms with van der Waals surface area (Å²) in [5, 5.41) is 0. The second kappa shape index (κ2) is 5.08. The van der Waals surface area contributed by atoms with Crippen molar-refractivity contribution in [3.8, 4) is 0 Å². The first kappa shape index (κ1) is 13.4. The molecule has 90 valence electrons. The average molecular weight is 249 g/mol. The predicted octanol–water partition coefficient (Wildman–Crippen LogP) is 4.34. The van der Waals surface area contributed by atoms with Crippen LogP contribution in [-0.2, 0) is 6.18 Å². The second-order valence-corrected chi connectivity index (χ2v) is 5.00. The number of alkyl halides is 3. The van der Waals surface area contributed by atoms with Crippen molar-refractivity contribution in [1.82, 2.24) is 4.98 Å². The smallest absolute Gasteiger partial charge is 0.259 e. The molecule has 0 aliphatic rings. The summed E-state index contributed by atoms with van der Waals surface area (Å²) in [6, 6.07) is 1.19. The Labute approximate surface area is 97.5 Å². The van der Waals surface area contributed by atoms with Gasteiger partial charge in [-0.15, -0.1) is 11.8 Å². The lowest BCUT2D eigenvalue weighted by atomic mass is 10.1. The van der Waals surface area contributed by atoms with E-state index in [0.29, 0.717) is 4.90 Å². The van der Waals surface area contributed by atoms with E-state index in [9.17, 15) is 13.2 Å². The lowest BCUT2D eigenvalue weighted by Gasteiger charge is -2.13. The fourth-order valence-electron chi connectivity index (χ4n) is 1.31. The lowest BCUT2D eigenvalue weighted by Crippen LogP contribution is -2.08. The van der Waals surface area contributed by atoms with Gasteiger partial charge in [-0.25, -0.2) is 0 Å². The summed E-state index contributed by atoms with van der Waals surface area (Å²) >= 11 is 1.40. The Morgan fingerprint density at radius 2 is 2.00 bits per heavy atom. The molecular weight excluding hydrogens is 235 g/mol. The standard InChI is InChI=1S/C11H14F3NS/c1-4-16-9-5-8(11(12,13)14)6-15-10(9)7(2)3/h5-7H,4H2,1-3H3. The van der Waals surface area contributed by atoms with E-state index in [1.54, 1.807) is 0 Å². The molecule has 1 aromatic heterocycles. The molecule has 0 amide bonds. The second-order valence-electron chi connectivity index (χ2n) is 3.69. The van der Waals surface area contributed by atoms with Crippen LogP contribution in [0, 0.1) is 0 Å². The monoisotopic (exact) mass is 249 g/mol. The maximum absolute atomic E-state index is 12.5. The largest absolute Gasteiger partial charge is 0.417 e. The van der Waals surface area contributed by atoms with Crippen molar-refractivity contribution in [1.29, 1.82) is 0 Å². The molecule has 16 heavy (non-hydrogen) atoms. The SMILES string of the molecule is CCSc1cc(C(F)(F)F)cnc1C(C)C. The molecule has 0 spiro atoms. The highest BCUT2D eigenvalue weighted by molar-refractivity contribution is 7.99. The van der Waals surface area contributed by atoms with Crippen LogP contribution in [0.2, 0.25) is 0 Å². The van der Waals surface area contributed by atoms with E-state index >= 15 is 0 Å². The van der Waals surface area contributed by atoms with Gasteiger partial charge < -0.3 is 0 Å². The highest BCUT2D eigenvalue weighted by atomic mass is 32.2. The molecule has 0 radical (unpaired) electrons. The zero-order valence-electron chi connectivity index (χ0n) is 9.43. The van der Waals surface area contributed by atoms with E-state index in [-0.39, 0.29) is 5.92 Å². The zero-order chi connectivity index (χ0) is 12.3. The quantitative estimate of drug-likeness (QED) is 0.739. The van der Waals surface area contributed by atoms with Gasteiger partial charge in [-0.3, -0.25) is 4.98 Å². The molecule has 0 unspecified atom stereocenters. The van der Waals surface area contributed by atoms with Crippen LogP contribution in [0.25, 0.3) is 0 Å². The van der Waals surface area contributed by atoms with Crippen LogP contribution in [0.15, 0.2) is 17.2 Å². The topological polar surface area (TPSA) is 12.9 Å². The maximum Gasteiger partial charge on any atom is 0.417 e. The van der Waals surface area contributed by atoms with Gasteiger partial charge >= 0.3 is 6.18 Å². The summed E-state index contributed by atoms with van der Waals surface area (Å²) < 4.78 is 37.5. The van der Waals surface area contributed by atoms with E-state index in [1.165, 1.54) is 17.8 Å². The molecule has 1 nitrogen and oxygen atoms in total. The Morgan fingerprint density at radius 3 is 2.44 bits per heavy atom. The molecule has 0 saturated heterocycles. The molecule has 0 atom stereocenters. The molecule has 0 aromatic carbocycles. The van der Waals surface area contributed by atoms with Gasteiger partial charge in [-0.2, -0.15) is 13.2 Å². The highest BCUT2D eigenvalue weighted by Gasteiger charge is 2.31. The normalized spacial score (nSPS) is 12.2. The maximum atomic E-state index is 12.5. The number of hydrogen-bond acceptors (Lipinski definition) is 2. The fourth-order valence-corrected chi connectivity index (χ4v) is 2.27. The number of hydrogen-bond donors (Lipinski definition) is 0. The van der Waals surface area contributed by atoms with Gasteiger partial charge in [-0.1, -0.05) is 20.8 Å². The molecule has 0 aliphatic carbocycles. The Bertz CT molecular complexity index is 361. The minimum Gasteiger partial charge on any atom is -0.259 e. The van der Waals surface area contributed by atoms with Crippen molar-refractivity contribution in [3.63, 3.8) is 0 Å². The molecule has 1 rings (SSSR count). The van der Waals surface area contributed by atoms with Gasteiger partial charge in [0.25, 0.3) is 0 Å². The lowest BCUT2D eigenvalue weighted by molar-refractivity contribution is -0.138. The molecule has 0 saturated carbocycles. The summed E-state index contributed by atoms with van der Waals surface area (Å²) in [6.07, 6.45) is -3.40. The number of nitrogens with zero attached hydrogens (tertiary/aromatic N) is 1. The first-order valence-electron chi connectivity index (χ1n) is 5.06. The van der Waals surface area contributed by atoms with E-state index < -0.39 is 11.7 Å². The number of pyridine rings is 1. The van der Waals surface area contributed by atoms with Gasteiger partial charge in [0.1, 0.15) is 0 Å².